The lowest BCUT2D eigenvalue weighted by molar-refractivity contribution is 0.425. The molecule has 0 amide bonds. The Morgan fingerprint density at radius 3 is 2.08 bits per heavy atom. The molecule has 0 bridgehead atoms. The summed E-state index contributed by atoms with van der Waals surface area (Å²) in [5.41, 5.74) is 4.48. The van der Waals surface area contributed by atoms with Crippen LogP contribution in [0.3, 0.4) is 0 Å². The quantitative estimate of drug-likeness (QED) is 0.249. The second-order valence-corrected chi connectivity index (χ2v) is 10.9. The van der Waals surface area contributed by atoms with Crippen molar-refractivity contribution in [2.24, 2.45) is 0 Å². The number of aromatic nitrogens is 3. The first-order chi connectivity index (χ1) is 17.7. The molecule has 4 aromatic carbocycles. The maximum Gasteiger partial charge on any atom is 0.262 e. The van der Waals surface area contributed by atoms with Gasteiger partial charge >= 0.3 is 0 Å². The molecular weight excluding hydrogens is 505 g/mol. The van der Waals surface area contributed by atoms with Crippen molar-refractivity contribution in [3.63, 3.8) is 0 Å². The number of para-hydroxylation sites is 2. The van der Waals surface area contributed by atoms with Gasteiger partial charge in [-0.25, -0.2) is 0 Å². The van der Waals surface area contributed by atoms with Crippen LogP contribution < -0.4 is 0 Å². The summed E-state index contributed by atoms with van der Waals surface area (Å²) in [6.07, 6.45) is 0. The molecule has 6 aromatic rings. The maximum absolute atomic E-state index is 11.7. The molecule has 0 radical (unpaired) electrons. The van der Waals surface area contributed by atoms with Crippen molar-refractivity contribution >= 4 is 45.0 Å². The number of phenolic OH excluding ortho intramolecular Hbond substituents is 1. The summed E-state index contributed by atoms with van der Waals surface area (Å²) in [6, 6.07) is 25.4. The van der Waals surface area contributed by atoms with Crippen molar-refractivity contribution in [3.05, 3.63) is 94.5 Å². The second kappa shape index (κ2) is 8.65. The highest BCUT2D eigenvalue weighted by atomic mass is 35.5. The summed E-state index contributed by atoms with van der Waals surface area (Å²) in [7, 11) is 0. The third-order valence-corrected chi connectivity index (χ3v) is 7.15. The van der Waals surface area contributed by atoms with Crippen LogP contribution in [0, 0.1) is 0 Å². The van der Waals surface area contributed by atoms with E-state index >= 15 is 0 Å². The lowest BCUT2D eigenvalue weighted by Gasteiger charge is -2.22. The molecule has 0 saturated carbocycles. The Morgan fingerprint density at radius 2 is 1.46 bits per heavy atom. The first kappa shape index (κ1) is 23.6. The summed E-state index contributed by atoms with van der Waals surface area (Å²) in [4.78, 5) is 4.60. The van der Waals surface area contributed by atoms with Crippen molar-refractivity contribution in [2.45, 2.75) is 26.2 Å². The molecule has 7 heteroatoms. The number of nitrogens with zero attached hydrogens (tertiary/aromatic N) is 3. The van der Waals surface area contributed by atoms with E-state index in [1.807, 2.05) is 36.4 Å². The van der Waals surface area contributed by atoms with Crippen LogP contribution in [0.4, 0.5) is 0 Å². The van der Waals surface area contributed by atoms with Gasteiger partial charge in [0, 0.05) is 21.4 Å². The zero-order chi connectivity index (χ0) is 25.9. The van der Waals surface area contributed by atoms with E-state index in [0.29, 0.717) is 32.7 Å². The third kappa shape index (κ3) is 3.95. The van der Waals surface area contributed by atoms with Gasteiger partial charge in [0.15, 0.2) is 5.75 Å². The lowest BCUT2D eigenvalue weighted by Crippen LogP contribution is -2.12. The maximum atomic E-state index is 11.7. The Labute approximate surface area is 223 Å². The molecule has 0 fully saturated rings. The average molecular weight is 528 g/mol. The fraction of sp³-hybridized carbons (Fsp3) is 0.133. The van der Waals surface area contributed by atoms with Gasteiger partial charge in [0.2, 0.25) is 5.82 Å². The van der Waals surface area contributed by atoms with Crippen molar-refractivity contribution < 1.29 is 9.63 Å². The first-order valence-corrected chi connectivity index (χ1v) is 12.6. The number of phenols is 1. The molecule has 2 aromatic heterocycles. The minimum atomic E-state index is -0.210. The predicted octanol–water partition coefficient (Wildman–Crippen LogP) is 8.81. The molecule has 0 unspecified atom stereocenters. The highest BCUT2D eigenvalue weighted by Crippen LogP contribution is 2.42. The second-order valence-electron chi connectivity index (χ2n) is 10.1. The summed E-state index contributed by atoms with van der Waals surface area (Å²) in [5.74, 6) is 0.569. The van der Waals surface area contributed by atoms with Crippen molar-refractivity contribution in [2.75, 3.05) is 0 Å². The zero-order valence-corrected chi connectivity index (χ0v) is 22.0. The van der Waals surface area contributed by atoms with Crippen LogP contribution in [0.2, 0.25) is 10.0 Å². The van der Waals surface area contributed by atoms with Gasteiger partial charge in [-0.3, -0.25) is 0 Å². The van der Waals surface area contributed by atoms with Gasteiger partial charge in [0.25, 0.3) is 5.89 Å². The average Bonchev–Trinajstić information content (AvgIpc) is 3.47. The minimum Gasteiger partial charge on any atom is -0.505 e. The van der Waals surface area contributed by atoms with Gasteiger partial charge in [-0.1, -0.05) is 85.5 Å². The smallest absolute Gasteiger partial charge is 0.262 e. The predicted molar refractivity (Wildman–Crippen MR) is 150 cm³/mol. The monoisotopic (exact) mass is 527 g/mol. The molecule has 184 valence electrons. The Hall–Kier alpha value is -3.80. The van der Waals surface area contributed by atoms with Crippen LogP contribution in [-0.4, -0.2) is 19.8 Å². The lowest BCUT2D eigenvalue weighted by atomic mass is 9.85. The van der Waals surface area contributed by atoms with E-state index in [4.69, 9.17) is 27.7 Å². The molecule has 2 heterocycles. The first-order valence-electron chi connectivity index (χ1n) is 11.9. The molecule has 0 aliphatic rings. The fourth-order valence-corrected chi connectivity index (χ4v) is 5.17. The number of aromatic hydroxyl groups is 1. The minimum absolute atomic E-state index is 0.0527. The molecule has 0 saturated heterocycles. The van der Waals surface area contributed by atoms with Crippen LogP contribution in [0.15, 0.2) is 83.4 Å². The van der Waals surface area contributed by atoms with Gasteiger partial charge in [-0.05, 0) is 53.4 Å². The molecule has 0 spiro atoms. The number of hydrogen-bond donors (Lipinski definition) is 1. The number of fused-ring (bicyclic) bond motifs is 3. The standard InChI is InChI=1S/C30H23Cl2N3O2/c1-30(2,3)17-14-22(29-33-28(34-37-29)21-13-12-18(31)16-23(21)32)27(36)26(15-17)35-24-10-6-4-8-19(24)20-9-5-7-11-25(20)35/h4-16,36H,1-3H3. The molecule has 37 heavy (non-hydrogen) atoms. The van der Waals surface area contributed by atoms with E-state index in [2.05, 4.69) is 59.7 Å². The molecule has 1 N–H and O–H groups in total. The number of halogens is 2. The Morgan fingerprint density at radius 1 is 0.811 bits per heavy atom. The van der Waals surface area contributed by atoms with Crippen LogP contribution in [0.5, 0.6) is 5.75 Å². The zero-order valence-electron chi connectivity index (χ0n) is 20.5. The summed E-state index contributed by atoms with van der Waals surface area (Å²) >= 11 is 12.4. The van der Waals surface area contributed by atoms with Crippen molar-refractivity contribution in [3.8, 4) is 34.3 Å². The molecule has 0 atom stereocenters. The van der Waals surface area contributed by atoms with Gasteiger partial charge in [0.1, 0.15) is 0 Å². The Bertz CT molecular complexity index is 1760. The van der Waals surface area contributed by atoms with Crippen molar-refractivity contribution in [1.82, 2.24) is 14.7 Å². The van der Waals surface area contributed by atoms with Gasteiger partial charge in [0.05, 0.1) is 27.3 Å². The number of benzene rings is 4. The Balaban J connectivity index is 1.62. The van der Waals surface area contributed by atoms with E-state index in [9.17, 15) is 5.11 Å². The van der Waals surface area contributed by atoms with Crippen LogP contribution in [0.1, 0.15) is 26.3 Å². The van der Waals surface area contributed by atoms with Crippen LogP contribution in [0.25, 0.3) is 50.3 Å². The van der Waals surface area contributed by atoms with Gasteiger partial charge in [-0.15, -0.1) is 0 Å². The van der Waals surface area contributed by atoms with E-state index < -0.39 is 0 Å². The normalized spacial score (nSPS) is 12.0. The highest BCUT2D eigenvalue weighted by molar-refractivity contribution is 6.36. The molecule has 6 rings (SSSR count). The van der Waals surface area contributed by atoms with E-state index in [1.165, 1.54) is 0 Å². The van der Waals surface area contributed by atoms with E-state index in [0.717, 1.165) is 27.4 Å². The molecular formula is C30H23Cl2N3O2. The van der Waals surface area contributed by atoms with Crippen molar-refractivity contribution in [1.29, 1.82) is 0 Å². The largest absolute Gasteiger partial charge is 0.505 e. The van der Waals surface area contributed by atoms with Gasteiger partial charge in [-0.2, -0.15) is 4.98 Å². The van der Waals surface area contributed by atoms with E-state index in [-0.39, 0.29) is 17.1 Å². The SMILES string of the molecule is CC(C)(C)c1cc(-c2nc(-c3ccc(Cl)cc3Cl)no2)c(O)c(-n2c3ccccc3c3ccccc32)c1. The van der Waals surface area contributed by atoms with E-state index in [1.54, 1.807) is 18.2 Å². The third-order valence-electron chi connectivity index (χ3n) is 6.61. The molecule has 0 aliphatic carbocycles. The summed E-state index contributed by atoms with van der Waals surface area (Å²) in [6.45, 7) is 6.39. The van der Waals surface area contributed by atoms with Crippen LogP contribution >= 0.6 is 23.2 Å². The Kier molecular flexibility index (Phi) is 5.51. The summed E-state index contributed by atoms with van der Waals surface area (Å²) in [5, 5.41) is 19.0. The molecule has 0 aliphatic heterocycles. The van der Waals surface area contributed by atoms with Gasteiger partial charge < -0.3 is 14.2 Å². The number of hydrogen-bond acceptors (Lipinski definition) is 4. The topological polar surface area (TPSA) is 64.1 Å². The van der Waals surface area contributed by atoms with Crippen LogP contribution in [-0.2, 0) is 5.41 Å². The highest BCUT2D eigenvalue weighted by Gasteiger charge is 2.25. The summed E-state index contributed by atoms with van der Waals surface area (Å²) < 4.78 is 7.75. The number of rotatable bonds is 3. The molecule has 5 nitrogen and oxygen atoms in total. The fourth-order valence-electron chi connectivity index (χ4n) is 4.68.